The second-order valence-corrected chi connectivity index (χ2v) is 9.69. The molecule has 0 N–H and O–H groups in total. The summed E-state index contributed by atoms with van der Waals surface area (Å²) < 4.78 is 7.97. The summed E-state index contributed by atoms with van der Waals surface area (Å²) in [5.41, 5.74) is 4.32. The predicted octanol–water partition coefficient (Wildman–Crippen LogP) is 6.81. The Morgan fingerprint density at radius 2 is 1.67 bits per heavy atom. The molecule has 2 nitrogen and oxygen atoms in total. The van der Waals surface area contributed by atoms with Gasteiger partial charge in [-0.1, -0.05) is 58.4 Å². The van der Waals surface area contributed by atoms with E-state index in [4.69, 9.17) is 4.74 Å². The fraction of sp³-hybridized carbons (Fsp3) is 0.0455. The lowest BCUT2D eigenvalue weighted by Crippen LogP contribution is -1.95. The van der Waals surface area contributed by atoms with Crippen molar-refractivity contribution < 1.29 is 9.53 Å². The largest absolute Gasteiger partial charge is 0.489 e. The Bertz CT molecular complexity index is 1010. The highest BCUT2D eigenvalue weighted by molar-refractivity contribution is 9.15. The van der Waals surface area contributed by atoms with Gasteiger partial charge in [-0.15, -0.1) is 10.9 Å². The lowest BCUT2D eigenvalue weighted by molar-refractivity contribution is 0.305. The van der Waals surface area contributed by atoms with E-state index in [1.54, 1.807) is 0 Å². The van der Waals surface area contributed by atoms with E-state index >= 15 is 0 Å². The van der Waals surface area contributed by atoms with E-state index in [0.717, 1.165) is 46.8 Å². The molecule has 4 rings (SSSR count). The lowest BCUT2D eigenvalue weighted by Gasteiger charge is -2.15. The molecular weight excluding hydrogens is 488 g/mol. The molecule has 1 heterocycles. The van der Waals surface area contributed by atoms with Crippen LogP contribution in [0.25, 0.3) is 9.39 Å². The van der Waals surface area contributed by atoms with Crippen LogP contribution in [0.1, 0.15) is 16.7 Å². The number of halogens is 2. The van der Waals surface area contributed by atoms with E-state index in [9.17, 15) is 4.79 Å². The van der Waals surface area contributed by atoms with Crippen molar-refractivity contribution >= 4 is 57.8 Å². The summed E-state index contributed by atoms with van der Waals surface area (Å²) in [5.74, 6) is 0.782. The van der Waals surface area contributed by atoms with E-state index < -0.39 is 10.9 Å². The highest BCUT2D eigenvalue weighted by Gasteiger charge is 2.29. The van der Waals surface area contributed by atoms with Crippen molar-refractivity contribution in [3.05, 3.63) is 94.0 Å². The van der Waals surface area contributed by atoms with Crippen molar-refractivity contribution in [2.45, 2.75) is 11.5 Å². The van der Waals surface area contributed by atoms with Crippen LogP contribution in [0, 0.1) is 0 Å². The van der Waals surface area contributed by atoms with E-state index in [1.165, 1.54) is 0 Å². The summed E-state index contributed by atoms with van der Waals surface area (Å²) in [7, 11) is -1.07. The average Bonchev–Trinajstić information content (AvgIpc) is 2.99. The Hall–Kier alpha value is -1.82. The fourth-order valence-corrected chi connectivity index (χ4v) is 6.56. The van der Waals surface area contributed by atoms with E-state index in [1.807, 2.05) is 72.8 Å². The summed E-state index contributed by atoms with van der Waals surface area (Å²) in [6, 6.07) is 24.1. The second kappa shape index (κ2) is 8.05. The minimum absolute atomic E-state index is 0.507. The number of hydrogen-bond donors (Lipinski definition) is 1. The molecular formula is C22H16Br2O2S. The molecule has 0 aliphatic carbocycles. The number of carbonyl (C=O) groups excluding carboxylic acids is 1. The van der Waals surface area contributed by atoms with Gasteiger partial charge in [-0.2, -0.15) is 0 Å². The smallest absolute Gasteiger partial charge is 0.164 e. The van der Waals surface area contributed by atoms with Gasteiger partial charge in [0.2, 0.25) is 0 Å². The highest BCUT2D eigenvalue weighted by atomic mass is 79.9. The van der Waals surface area contributed by atoms with Crippen molar-refractivity contribution in [2.24, 2.45) is 0 Å². The van der Waals surface area contributed by atoms with Gasteiger partial charge in [-0.05, 0) is 57.4 Å². The quantitative estimate of drug-likeness (QED) is 0.305. The zero-order valence-electron chi connectivity index (χ0n) is 14.2. The molecule has 1 aliphatic heterocycles. The molecule has 1 unspecified atom stereocenters. The Kier molecular flexibility index (Phi) is 5.53. The van der Waals surface area contributed by atoms with Gasteiger partial charge in [-0.3, -0.25) is 4.79 Å². The highest BCUT2D eigenvalue weighted by Crippen LogP contribution is 2.60. The van der Waals surface area contributed by atoms with Crippen LogP contribution >= 0.6 is 42.8 Å². The van der Waals surface area contributed by atoms with Crippen molar-refractivity contribution in [3.8, 4) is 5.75 Å². The predicted molar refractivity (Wildman–Crippen MR) is 121 cm³/mol. The number of benzene rings is 3. The third kappa shape index (κ3) is 3.77. The van der Waals surface area contributed by atoms with Crippen molar-refractivity contribution in [1.29, 1.82) is 0 Å². The Morgan fingerprint density at radius 1 is 0.926 bits per heavy atom. The zero-order valence-corrected chi connectivity index (χ0v) is 18.3. The van der Waals surface area contributed by atoms with Gasteiger partial charge < -0.3 is 4.74 Å². The standard InChI is InChI=1S/C22H16Br2O2S/c23-17-8-6-16(7-9-17)22-21(24)19-11-10-18(12-20(19)27(22)14-25)26-13-15-4-2-1-3-5-15/h1-12,14,27H,13H2. The van der Waals surface area contributed by atoms with Crippen molar-refractivity contribution in [2.75, 3.05) is 0 Å². The molecule has 0 aromatic heterocycles. The zero-order chi connectivity index (χ0) is 18.8. The monoisotopic (exact) mass is 502 g/mol. The summed E-state index contributed by atoms with van der Waals surface area (Å²) in [5, 5.41) is 0. The van der Waals surface area contributed by atoms with Crippen LogP contribution in [0.2, 0.25) is 0 Å². The number of thiol groups is 1. The van der Waals surface area contributed by atoms with E-state index in [2.05, 4.69) is 31.9 Å². The first-order chi connectivity index (χ1) is 13.2. The van der Waals surface area contributed by atoms with E-state index in [-0.39, 0.29) is 0 Å². The molecule has 1 atom stereocenters. The topological polar surface area (TPSA) is 26.3 Å². The molecule has 3 aromatic carbocycles. The minimum atomic E-state index is -1.07. The second-order valence-electron chi connectivity index (χ2n) is 6.10. The van der Waals surface area contributed by atoms with Gasteiger partial charge >= 0.3 is 0 Å². The van der Waals surface area contributed by atoms with Gasteiger partial charge in [0.25, 0.3) is 0 Å². The van der Waals surface area contributed by atoms with E-state index in [0.29, 0.717) is 6.61 Å². The molecule has 136 valence electrons. The van der Waals surface area contributed by atoms with Gasteiger partial charge in [0.05, 0.1) is 0 Å². The Labute approximate surface area is 177 Å². The lowest BCUT2D eigenvalue weighted by atomic mass is 10.1. The molecule has 0 spiro atoms. The maximum absolute atomic E-state index is 12.0. The van der Waals surface area contributed by atoms with Gasteiger partial charge in [0, 0.05) is 24.3 Å². The van der Waals surface area contributed by atoms with Crippen LogP contribution in [0.15, 0.2) is 82.2 Å². The maximum Gasteiger partial charge on any atom is 0.164 e. The van der Waals surface area contributed by atoms with Crippen LogP contribution < -0.4 is 4.74 Å². The van der Waals surface area contributed by atoms with Crippen molar-refractivity contribution in [3.63, 3.8) is 0 Å². The molecule has 3 aromatic rings. The number of ether oxygens (including phenoxy) is 1. The maximum atomic E-state index is 12.0. The third-order valence-electron chi connectivity index (χ3n) is 4.39. The molecule has 0 bridgehead atoms. The molecule has 0 saturated heterocycles. The van der Waals surface area contributed by atoms with Crippen LogP contribution in [-0.2, 0) is 11.4 Å². The molecule has 0 amide bonds. The first-order valence-corrected chi connectivity index (χ1v) is 11.4. The fourth-order valence-electron chi connectivity index (χ4n) is 3.06. The molecule has 0 radical (unpaired) electrons. The van der Waals surface area contributed by atoms with Crippen molar-refractivity contribution in [1.82, 2.24) is 0 Å². The summed E-state index contributed by atoms with van der Waals surface area (Å²) in [4.78, 5) is 14.1. The Balaban J connectivity index is 1.64. The van der Waals surface area contributed by atoms with Crippen LogP contribution in [-0.4, -0.2) is 5.62 Å². The first kappa shape index (κ1) is 18.5. The normalized spacial score (nSPS) is 16.9. The number of hydrogen-bond acceptors (Lipinski definition) is 2. The molecule has 27 heavy (non-hydrogen) atoms. The number of fused-ring (bicyclic) bond motifs is 1. The molecule has 0 saturated carbocycles. The van der Waals surface area contributed by atoms with Gasteiger partial charge in [0.15, 0.2) is 5.62 Å². The summed E-state index contributed by atoms with van der Waals surface area (Å²) >= 11 is 7.19. The summed E-state index contributed by atoms with van der Waals surface area (Å²) in [6.45, 7) is 0.507. The number of carbonyl (C=O) groups is 1. The first-order valence-electron chi connectivity index (χ1n) is 8.39. The van der Waals surface area contributed by atoms with Crippen LogP contribution in [0.5, 0.6) is 5.75 Å². The number of rotatable bonds is 5. The van der Waals surface area contributed by atoms with Gasteiger partial charge in [-0.25, -0.2) is 0 Å². The van der Waals surface area contributed by atoms with Crippen LogP contribution in [0.4, 0.5) is 0 Å². The van der Waals surface area contributed by atoms with Gasteiger partial charge in [0.1, 0.15) is 12.4 Å². The summed E-state index contributed by atoms with van der Waals surface area (Å²) in [6.07, 6.45) is 0. The molecule has 0 fully saturated rings. The Morgan fingerprint density at radius 3 is 2.37 bits per heavy atom. The average molecular weight is 504 g/mol. The van der Waals surface area contributed by atoms with Crippen LogP contribution in [0.3, 0.4) is 0 Å². The molecule has 5 heteroatoms. The molecule has 1 aliphatic rings. The SMILES string of the molecule is O=C[SH]1C(c2ccc(Br)cc2)=C(Br)c2ccc(OCc3ccccc3)cc21. The third-order valence-corrected chi connectivity index (χ3v) is 8.11. The minimum Gasteiger partial charge on any atom is -0.489 e.